The van der Waals surface area contributed by atoms with Gasteiger partial charge in [0.05, 0.1) is 57.3 Å². The van der Waals surface area contributed by atoms with E-state index in [9.17, 15) is 30.4 Å². The van der Waals surface area contributed by atoms with Crippen LogP contribution in [0.5, 0.6) is 34.5 Å². The minimum Gasteiger partial charge on any atom is -0.504 e. The lowest BCUT2D eigenvalue weighted by atomic mass is 10.1. The lowest BCUT2D eigenvalue weighted by Gasteiger charge is -2.15. The van der Waals surface area contributed by atoms with E-state index in [1.54, 1.807) is 12.1 Å². The van der Waals surface area contributed by atoms with Crippen molar-refractivity contribution in [1.29, 1.82) is 0 Å². The fraction of sp³-hybridized carbons (Fsp3) is 0.526. The molecule has 1 aromatic heterocycles. The zero-order valence-corrected chi connectivity index (χ0v) is 29.7. The number of ether oxygens (including phenoxy) is 3. The summed E-state index contributed by atoms with van der Waals surface area (Å²) in [5, 5.41) is 43.8. The predicted molar refractivity (Wildman–Crippen MR) is 196 cm³/mol. The van der Waals surface area contributed by atoms with Crippen molar-refractivity contribution in [3.8, 4) is 34.5 Å². The molecule has 4 aromatic rings. The first-order chi connectivity index (χ1) is 24.7. The van der Waals surface area contributed by atoms with Crippen molar-refractivity contribution in [2.75, 3.05) is 13.2 Å². The SMILES string of the molecule is CCCCCCCCCCOc1cc2nc3cc(O)c(Oc4cc([N+](=O)[O-])c([N+](=O)[O-])cc4O)cc3nc2cc1OCCCCCCCCCC. The molecule has 276 valence electrons. The number of phenolic OH excluding ortho intramolecular Hbond substituents is 2. The third-order valence-electron chi connectivity index (χ3n) is 8.76. The lowest BCUT2D eigenvalue weighted by Crippen LogP contribution is -2.03. The average Bonchev–Trinajstić information content (AvgIpc) is 3.10. The van der Waals surface area contributed by atoms with Crippen molar-refractivity contribution in [2.45, 2.75) is 117 Å². The summed E-state index contributed by atoms with van der Waals surface area (Å²) < 4.78 is 18.1. The van der Waals surface area contributed by atoms with Crippen LogP contribution in [0.1, 0.15) is 117 Å². The van der Waals surface area contributed by atoms with Crippen molar-refractivity contribution >= 4 is 33.4 Å². The van der Waals surface area contributed by atoms with Gasteiger partial charge in [-0.05, 0) is 12.8 Å². The van der Waals surface area contributed by atoms with E-state index in [0.29, 0.717) is 52.8 Å². The number of fused-ring (bicyclic) bond motifs is 2. The molecule has 4 rings (SSSR count). The molecule has 0 aliphatic carbocycles. The molecule has 0 spiro atoms. The zero-order chi connectivity index (χ0) is 36.6. The monoisotopic (exact) mass is 706 g/mol. The number of unbranched alkanes of at least 4 members (excludes halogenated alkanes) is 14. The number of nitro benzene ring substituents is 2. The summed E-state index contributed by atoms with van der Waals surface area (Å²) in [4.78, 5) is 30.2. The quantitative estimate of drug-likeness (QED) is 0.0306. The second-order valence-corrected chi connectivity index (χ2v) is 12.9. The first-order valence-electron chi connectivity index (χ1n) is 18.3. The van der Waals surface area contributed by atoms with Gasteiger partial charge in [-0.25, -0.2) is 9.97 Å². The second-order valence-electron chi connectivity index (χ2n) is 12.9. The first kappa shape index (κ1) is 38.9. The Morgan fingerprint density at radius 3 is 1.31 bits per heavy atom. The summed E-state index contributed by atoms with van der Waals surface area (Å²) >= 11 is 0. The maximum atomic E-state index is 11.4. The van der Waals surface area contributed by atoms with Crippen molar-refractivity contribution in [3.05, 3.63) is 56.6 Å². The minimum absolute atomic E-state index is 0.189. The van der Waals surface area contributed by atoms with E-state index in [1.165, 1.54) is 89.2 Å². The summed E-state index contributed by atoms with van der Waals surface area (Å²) in [7, 11) is 0. The molecule has 13 heteroatoms. The van der Waals surface area contributed by atoms with E-state index in [0.717, 1.165) is 31.7 Å². The van der Waals surface area contributed by atoms with Gasteiger partial charge in [-0.3, -0.25) is 20.2 Å². The third-order valence-corrected chi connectivity index (χ3v) is 8.76. The van der Waals surface area contributed by atoms with Gasteiger partial charge < -0.3 is 24.4 Å². The van der Waals surface area contributed by atoms with Gasteiger partial charge in [0.25, 0.3) is 0 Å². The van der Waals surface area contributed by atoms with Crippen LogP contribution in [0.25, 0.3) is 22.1 Å². The Labute approximate surface area is 298 Å². The van der Waals surface area contributed by atoms with Gasteiger partial charge in [0.15, 0.2) is 34.5 Å². The van der Waals surface area contributed by atoms with Crippen LogP contribution in [0.4, 0.5) is 11.4 Å². The summed E-state index contributed by atoms with van der Waals surface area (Å²) in [6, 6.07) is 7.63. The molecule has 0 bridgehead atoms. The minimum atomic E-state index is -0.976. The topological polar surface area (TPSA) is 180 Å². The highest BCUT2D eigenvalue weighted by molar-refractivity contribution is 5.89. The molecule has 1 heterocycles. The molecule has 0 aliphatic heterocycles. The van der Waals surface area contributed by atoms with E-state index in [1.807, 2.05) is 0 Å². The van der Waals surface area contributed by atoms with Gasteiger partial charge in [-0.15, -0.1) is 0 Å². The number of aromatic nitrogens is 2. The van der Waals surface area contributed by atoms with E-state index >= 15 is 0 Å². The van der Waals surface area contributed by atoms with Crippen molar-refractivity contribution in [2.24, 2.45) is 0 Å². The molecule has 0 amide bonds. The first-order valence-corrected chi connectivity index (χ1v) is 18.3. The molecule has 0 aliphatic rings. The average molecular weight is 707 g/mol. The van der Waals surface area contributed by atoms with E-state index in [2.05, 4.69) is 13.8 Å². The van der Waals surface area contributed by atoms with Crippen LogP contribution >= 0.6 is 0 Å². The van der Waals surface area contributed by atoms with E-state index in [4.69, 9.17) is 24.2 Å². The fourth-order valence-electron chi connectivity index (χ4n) is 5.89. The number of nitrogens with zero attached hydrogens (tertiary/aromatic N) is 4. The number of hydrogen-bond acceptors (Lipinski definition) is 11. The van der Waals surface area contributed by atoms with Crippen molar-refractivity contribution in [3.63, 3.8) is 0 Å². The molecule has 2 N–H and O–H groups in total. The van der Waals surface area contributed by atoms with Gasteiger partial charge in [-0.2, -0.15) is 0 Å². The fourth-order valence-corrected chi connectivity index (χ4v) is 5.89. The van der Waals surface area contributed by atoms with Crippen molar-refractivity contribution in [1.82, 2.24) is 9.97 Å². The van der Waals surface area contributed by atoms with Gasteiger partial charge in [0, 0.05) is 24.3 Å². The second kappa shape index (κ2) is 20.0. The lowest BCUT2D eigenvalue weighted by molar-refractivity contribution is -0.422. The molecule has 0 radical (unpaired) electrons. The molecule has 0 unspecified atom stereocenters. The smallest absolute Gasteiger partial charge is 0.350 e. The van der Waals surface area contributed by atoms with Gasteiger partial charge in [0.1, 0.15) is 0 Å². The third kappa shape index (κ3) is 11.5. The van der Waals surface area contributed by atoms with E-state index < -0.39 is 32.7 Å². The van der Waals surface area contributed by atoms with Crippen LogP contribution in [0, 0.1) is 20.2 Å². The number of aromatic hydroxyl groups is 2. The highest BCUT2D eigenvalue weighted by Gasteiger charge is 2.28. The van der Waals surface area contributed by atoms with Gasteiger partial charge >= 0.3 is 11.4 Å². The summed E-state index contributed by atoms with van der Waals surface area (Å²) in [6.45, 7) is 5.52. The molecule has 13 nitrogen and oxygen atoms in total. The van der Waals surface area contributed by atoms with Crippen LogP contribution in [-0.4, -0.2) is 43.2 Å². The van der Waals surface area contributed by atoms with Crippen LogP contribution in [0.3, 0.4) is 0 Å². The molecular formula is C38H50N4O9. The standard InChI is InChI=1S/C38H50N4O9/c1-3-5-7-9-11-13-15-17-19-49-37-23-29-30(24-38(37)50-20-18-16-14-12-10-8-6-4-2)40-28-22-35(33(43)21-27(28)39-29)51-36-26-32(42(47)48)31(41(45)46)25-34(36)44/h21-26,43-44H,3-20H2,1-2H3. The van der Waals surface area contributed by atoms with Crippen LogP contribution in [0.2, 0.25) is 0 Å². The Balaban J connectivity index is 1.52. The number of benzene rings is 3. The Hall–Kier alpha value is -4.94. The molecule has 0 saturated carbocycles. The van der Waals surface area contributed by atoms with Gasteiger partial charge in [0.2, 0.25) is 0 Å². The zero-order valence-electron chi connectivity index (χ0n) is 29.7. The molecule has 3 aromatic carbocycles. The number of nitro groups is 2. The highest BCUT2D eigenvalue weighted by Crippen LogP contribution is 2.43. The van der Waals surface area contributed by atoms with E-state index in [-0.39, 0.29) is 11.5 Å². The maximum Gasteiger partial charge on any atom is 0.350 e. The molecule has 0 atom stereocenters. The van der Waals surface area contributed by atoms with Crippen LogP contribution in [0.15, 0.2) is 36.4 Å². The normalized spacial score (nSPS) is 11.3. The Kier molecular flexibility index (Phi) is 15.3. The number of phenols is 2. The van der Waals surface area contributed by atoms with Crippen molar-refractivity contribution < 1.29 is 34.3 Å². The van der Waals surface area contributed by atoms with Gasteiger partial charge in [-0.1, -0.05) is 104 Å². The molecule has 0 saturated heterocycles. The largest absolute Gasteiger partial charge is 0.504 e. The molecule has 51 heavy (non-hydrogen) atoms. The Morgan fingerprint density at radius 1 is 0.510 bits per heavy atom. The number of hydrogen-bond donors (Lipinski definition) is 2. The summed E-state index contributed by atoms with van der Waals surface area (Å²) in [6.07, 6.45) is 19.0. The maximum absolute atomic E-state index is 11.4. The highest BCUT2D eigenvalue weighted by atomic mass is 16.6. The number of rotatable bonds is 24. The molecular weight excluding hydrogens is 656 g/mol. The Bertz CT molecular complexity index is 1770. The predicted octanol–water partition coefficient (Wildman–Crippen LogP) is 10.8. The van der Waals surface area contributed by atoms with Crippen LogP contribution in [-0.2, 0) is 0 Å². The Morgan fingerprint density at radius 2 is 0.863 bits per heavy atom. The summed E-state index contributed by atoms with van der Waals surface area (Å²) in [5.41, 5.74) is -0.0612. The summed E-state index contributed by atoms with van der Waals surface area (Å²) in [5.74, 6) is -0.589. The molecule has 0 fully saturated rings. The van der Waals surface area contributed by atoms with Crippen LogP contribution < -0.4 is 14.2 Å².